The van der Waals surface area contributed by atoms with Crippen molar-refractivity contribution < 1.29 is 0 Å². The maximum atomic E-state index is 4.46. The monoisotopic (exact) mass is 347 g/mol. The fourth-order valence-corrected chi connectivity index (χ4v) is 3.30. The van der Waals surface area contributed by atoms with Gasteiger partial charge in [0.15, 0.2) is 11.3 Å². The van der Waals surface area contributed by atoms with Gasteiger partial charge in [-0.2, -0.15) is 0 Å². The third-order valence-electron chi connectivity index (χ3n) is 2.70. The lowest BCUT2D eigenvalue weighted by atomic mass is 10.6. The van der Waals surface area contributed by atoms with Crippen molar-refractivity contribution >= 4 is 44.5 Å². The fraction of sp³-hybridized carbons (Fsp3) is 0. The number of aromatic nitrogens is 7. The Bertz CT molecular complexity index is 915. The fourth-order valence-electron chi connectivity index (χ4n) is 1.85. The van der Waals surface area contributed by atoms with Gasteiger partial charge in [0.2, 0.25) is 0 Å². The van der Waals surface area contributed by atoms with Crippen LogP contribution in [0.1, 0.15) is 0 Å². The average molecular weight is 348 g/mol. The first-order chi connectivity index (χ1) is 9.81. The molecule has 0 aliphatic carbocycles. The number of nitrogens with one attached hydrogen (secondary N) is 1. The molecule has 0 fully saturated rings. The summed E-state index contributed by atoms with van der Waals surface area (Å²) in [4.78, 5) is 24.3. The van der Waals surface area contributed by atoms with Crippen LogP contribution in [-0.2, 0) is 0 Å². The van der Waals surface area contributed by atoms with Gasteiger partial charge in [0.05, 0.1) is 6.33 Å². The molecule has 0 saturated heterocycles. The lowest BCUT2D eigenvalue weighted by molar-refractivity contribution is 1.00. The smallest absolute Gasteiger partial charge is 0.181 e. The van der Waals surface area contributed by atoms with Crippen LogP contribution < -0.4 is 0 Å². The summed E-state index contributed by atoms with van der Waals surface area (Å²) >= 11 is 4.82. The highest BCUT2D eigenvalue weighted by Gasteiger charge is 2.13. The number of fused-ring (bicyclic) bond motifs is 2. The number of hydrogen-bond donors (Lipinski definition) is 1. The van der Waals surface area contributed by atoms with Gasteiger partial charge in [-0.05, 0) is 27.7 Å². The van der Waals surface area contributed by atoms with Crippen LogP contribution in [-0.4, -0.2) is 34.3 Å². The summed E-state index contributed by atoms with van der Waals surface area (Å²) in [6, 6.07) is 0. The number of hydrogen-bond acceptors (Lipinski definition) is 6. The quantitative estimate of drug-likeness (QED) is 0.560. The van der Waals surface area contributed by atoms with E-state index >= 15 is 0 Å². The zero-order valence-electron chi connectivity index (χ0n) is 9.86. The van der Waals surface area contributed by atoms with Crippen LogP contribution >= 0.6 is 27.7 Å². The van der Waals surface area contributed by atoms with E-state index in [1.54, 1.807) is 12.5 Å². The van der Waals surface area contributed by atoms with Crippen molar-refractivity contribution in [2.45, 2.75) is 10.1 Å². The highest BCUT2D eigenvalue weighted by atomic mass is 79.9. The zero-order chi connectivity index (χ0) is 13.5. The third kappa shape index (κ3) is 1.86. The molecule has 20 heavy (non-hydrogen) atoms. The summed E-state index contributed by atoms with van der Waals surface area (Å²) < 4.78 is 2.64. The lowest BCUT2D eigenvalue weighted by Gasteiger charge is -2.03. The van der Waals surface area contributed by atoms with Crippen molar-refractivity contribution in [1.29, 1.82) is 0 Å². The van der Waals surface area contributed by atoms with Crippen molar-refractivity contribution in [3.05, 3.63) is 35.8 Å². The van der Waals surface area contributed by atoms with E-state index < -0.39 is 0 Å². The van der Waals surface area contributed by atoms with Crippen molar-refractivity contribution in [2.24, 2.45) is 0 Å². The van der Waals surface area contributed by atoms with Gasteiger partial charge in [0.25, 0.3) is 0 Å². The normalized spacial score (nSPS) is 11.4. The molecule has 4 rings (SSSR count). The predicted molar refractivity (Wildman–Crippen MR) is 76.5 cm³/mol. The molecule has 0 aliphatic heterocycles. The molecule has 98 valence electrons. The maximum Gasteiger partial charge on any atom is 0.181 e. The second kappa shape index (κ2) is 4.53. The molecule has 0 saturated carbocycles. The number of H-pyrrole nitrogens is 1. The highest BCUT2D eigenvalue weighted by molar-refractivity contribution is 9.10. The Labute approximate surface area is 125 Å². The molecule has 0 atom stereocenters. The average Bonchev–Trinajstić information content (AvgIpc) is 3.06. The van der Waals surface area contributed by atoms with E-state index in [4.69, 9.17) is 0 Å². The summed E-state index contributed by atoms with van der Waals surface area (Å²) in [5.41, 5.74) is 2.21. The minimum atomic E-state index is 0.636. The second-order valence-electron chi connectivity index (χ2n) is 3.91. The standard InChI is InChI=1S/C11H6BrN7S/c12-6-3-19-2-1-13-9(19)11(18-6)20-10-7-8(15-4-14-7)16-5-17-10/h1-5H,(H,14,15,16,17). The Balaban J connectivity index is 1.88. The van der Waals surface area contributed by atoms with Crippen LogP contribution in [0.5, 0.6) is 0 Å². The number of halogens is 1. The maximum absolute atomic E-state index is 4.46. The minimum Gasteiger partial charge on any atom is -0.341 e. The summed E-state index contributed by atoms with van der Waals surface area (Å²) in [6.07, 6.45) is 8.56. The SMILES string of the molecule is Brc1cn2ccnc2c(Sc2ncnc3nc[nH]c23)n1. The first kappa shape index (κ1) is 11.8. The molecule has 0 radical (unpaired) electrons. The van der Waals surface area contributed by atoms with E-state index in [9.17, 15) is 0 Å². The van der Waals surface area contributed by atoms with Crippen LogP contribution in [0.3, 0.4) is 0 Å². The van der Waals surface area contributed by atoms with Crippen molar-refractivity contribution in [2.75, 3.05) is 0 Å². The van der Waals surface area contributed by atoms with Crippen LogP contribution in [0.25, 0.3) is 16.8 Å². The van der Waals surface area contributed by atoms with Gasteiger partial charge in [0, 0.05) is 18.6 Å². The van der Waals surface area contributed by atoms with Crippen LogP contribution in [0.4, 0.5) is 0 Å². The molecule has 4 aromatic heterocycles. The van der Waals surface area contributed by atoms with E-state index in [1.165, 1.54) is 18.1 Å². The molecule has 1 N–H and O–H groups in total. The minimum absolute atomic E-state index is 0.636. The van der Waals surface area contributed by atoms with Crippen molar-refractivity contribution in [1.82, 2.24) is 34.3 Å². The Morgan fingerprint density at radius 3 is 3.05 bits per heavy atom. The molecule has 0 spiro atoms. The molecular weight excluding hydrogens is 342 g/mol. The summed E-state index contributed by atoms with van der Waals surface area (Å²) in [5.74, 6) is 0. The van der Waals surface area contributed by atoms with Gasteiger partial charge in [-0.15, -0.1) is 0 Å². The van der Waals surface area contributed by atoms with E-state index in [1.807, 2.05) is 16.8 Å². The molecule has 7 nitrogen and oxygen atoms in total. The van der Waals surface area contributed by atoms with Crippen LogP contribution in [0.15, 0.2) is 45.9 Å². The third-order valence-corrected chi connectivity index (χ3v) is 4.05. The Kier molecular flexibility index (Phi) is 2.67. The molecule has 4 aromatic rings. The largest absolute Gasteiger partial charge is 0.341 e. The second-order valence-corrected chi connectivity index (χ2v) is 5.70. The van der Waals surface area contributed by atoms with Gasteiger partial charge in [-0.25, -0.2) is 24.9 Å². The van der Waals surface area contributed by atoms with Gasteiger partial charge in [0.1, 0.15) is 26.5 Å². The topological polar surface area (TPSA) is 84.6 Å². The molecule has 4 heterocycles. The molecule has 0 amide bonds. The van der Waals surface area contributed by atoms with Gasteiger partial charge < -0.3 is 9.38 Å². The highest BCUT2D eigenvalue weighted by Crippen LogP contribution is 2.31. The van der Waals surface area contributed by atoms with Gasteiger partial charge in [-0.3, -0.25) is 0 Å². The number of nitrogens with zero attached hydrogens (tertiary/aromatic N) is 6. The first-order valence-electron chi connectivity index (χ1n) is 5.62. The van der Waals surface area contributed by atoms with Crippen LogP contribution in [0, 0.1) is 0 Å². The molecular formula is C11H6BrN7S. The molecule has 9 heteroatoms. The Morgan fingerprint density at radius 2 is 2.10 bits per heavy atom. The van der Waals surface area contributed by atoms with Crippen molar-refractivity contribution in [3.63, 3.8) is 0 Å². The predicted octanol–water partition coefficient (Wildman–Crippen LogP) is 2.31. The molecule has 0 unspecified atom stereocenters. The first-order valence-corrected chi connectivity index (χ1v) is 7.23. The van der Waals surface area contributed by atoms with Crippen molar-refractivity contribution in [3.8, 4) is 0 Å². The molecule has 0 aliphatic rings. The number of aromatic amines is 1. The lowest BCUT2D eigenvalue weighted by Crippen LogP contribution is -1.93. The summed E-state index contributed by atoms with van der Waals surface area (Å²) in [5, 5.41) is 1.53. The Hall–Kier alpha value is -2.00. The Morgan fingerprint density at radius 1 is 1.15 bits per heavy atom. The van der Waals surface area contributed by atoms with E-state index in [0.717, 1.165) is 25.8 Å². The molecule has 0 bridgehead atoms. The number of imidazole rings is 2. The van der Waals surface area contributed by atoms with Gasteiger partial charge in [-0.1, -0.05) is 0 Å². The van der Waals surface area contributed by atoms with E-state index in [2.05, 4.69) is 45.8 Å². The van der Waals surface area contributed by atoms with E-state index in [0.29, 0.717) is 5.65 Å². The van der Waals surface area contributed by atoms with Gasteiger partial charge >= 0.3 is 0 Å². The van der Waals surface area contributed by atoms with E-state index in [-0.39, 0.29) is 0 Å². The van der Waals surface area contributed by atoms with Crippen LogP contribution in [0.2, 0.25) is 0 Å². The summed E-state index contributed by atoms with van der Waals surface area (Å²) in [6.45, 7) is 0. The molecule has 0 aromatic carbocycles. The number of rotatable bonds is 2. The zero-order valence-corrected chi connectivity index (χ0v) is 12.3. The summed E-state index contributed by atoms with van der Waals surface area (Å²) in [7, 11) is 0.